The van der Waals surface area contributed by atoms with Gasteiger partial charge < -0.3 is 9.47 Å². The number of nitrogens with zero attached hydrogens (tertiary/aromatic N) is 3. The van der Waals surface area contributed by atoms with Gasteiger partial charge in [-0.3, -0.25) is 9.78 Å². The molecular weight excluding hydrogens is 334 g/mol. The summed E-state index contributed by atoms with van der Waals surface area (Å²) >= 11 is 0. The predicted octanol–water partition coefficient (Wildman–Crippen LogP) is 2.30. The number of hydrogen-bond acceptors (Lipinski definition) is 7. The van der Waals surface area contributed by atoms with Crippen LogP contribution in [0, 0.1) is 0 Å². The highest BCUT2D eigenvalue weighted by Gasteiger charge is 2.08. The van der Waals surface area contributed by atoms with Crippen molar-refractivity contribution in [3.8, 4) is 22.8 Å². The summed E-state index contributed by atoms with van der Waals surface area (Å²) in [4.78, 5) is 14.8. The molecule has 0 radical (unpaired) electrons. The Morgan fingerprint density at radius 2 is 1.85 bits per heavy atom. The molecule has 0 aliphatic heterocycles. The Bertz CT molecular complexity index is 970. The van der Waals surface area contributed by atoms with Crippen LogP contribution in [0.3, 0.4) is 0 Å². The second-order valence-corrected chi connectivity index (χ2v) is 5.17. The lowest BCUT2D eigenvalue weighted by Gasteiger charge is -2.09. The molecule has 0 fully saturated rings. The van der Waals surface area contributed by atoms with Crippen molar-refractivity contribution in [2.45, 2.75) is 0 Å². The number of para-hydroxylation sites is 1. The van der Waals surface area contributed by atoms with Crippen molar-refractivity contribution in [3.05, 3.63) is 64.4 Å². The predicted molar refractivity (Wildman–Crippen MR) is 98.9 cm³/mol. The maximum Gasteiger partial charge on any atom is 0.279 e. The van der Waals surface area contributed by atoms with Crippen LogP contribution in [0.15, 0.2) is 58.4 Å². The minimum atomic E-state index is -0.358. The summed E-state index contributed by atoms with van der Waals surface area (Å²) < 4.78 is 10.6. The summed E-state index contributed by atoms with van der Waals surface area (Å²) in [5, 5.41) is 12.0. The van der Waals surface area contributed by atoms with Gasteiger partial charge in [-0.05, 0) is 12.1 Å². The van der Waals surface area contributed by atoms with Gasteiger partial charge in [-0.15, -0.1) is 10.2 Å². The quantitative estimate of drug-likeness (QED) is 0.522. The number of nitrogens with one attached hydrogen (secondary N) is 2. The lowest BCUT2D eigenvalue weighted by molar-refractivity contribution is 0.354. The first-order valence-electron chi connectivity index (χ1n) is 7.75. The fourth-order valence-corrected chi connectivity index (χ4v) is 2.35. The molecule has 2 N–H and O–H groups in total. The Morgan fingerprint density at radius 3 is 2.54 bits per heavy atom. The molecule has 0 saturated carbocycles. The zero-order valence-corrected chi connectivity index (χ0v) is 14.3. The third kappa shape index (κ3) is 3.69. The molecule has 0 spiro atoms. The topological polar surface area (TPSA) is 101 Å². The summed E-state index contributed by atoms with van der Waals surface area (Å²) in [5.74, 6) is 1.28. The lowest BCUT2D eigenvalue weighted by Crippen LogP contribution is -2.15. The first-order chi connectivity index (χ1) is 12.7. The van der Waals surface area contributed by atoms with E-state index in [1.165, 1.54) is 6.21 Å². The van der Waals surface area contributed by atoms with Crippen LogP contribution in [-0.2, 0) is 0 Å². The molecule has 1 aromatic heterocycles. The van der Waals surface area contributed by atoms with Crippen LogP contribution >= 0.6 is 0 Å². The molecule has 0 aliphatic carbocycles. The van der Waals surface area contributed by atoms with Crippen molar-refractivity contribution in [2.24, 2.45) is 5.10 Å². The number of benzene rings is 2. The van der Waals surface area contributed by atoms with E-state index < -0.39 is 0 Å². The smallest absolute Gasteiger partial charge is 0.279 e. The molecule has 0 amide bonds. The third-order valence-corrected chi connectivity index (χ3v) is 3.55. The van der Waals surface area contributed by atoms with E-state index in [1.807, 2.05) is 30.3 Å². The van der Waals surface area contributed by atoms with Crippen molar-refractivity contribution < 1.29 is 9.47 Å². The number of rotatable bonds is 6. The Kier molecular flexibility index (Phi) is 5.23. The first kappa shape index (κ1) is 17.2. The Balaban J connectivity index is 1.78. The largest absolute Gasteiger partial charge is 0.493 e. The zero-order valence-electron chi connectivity index (χ0n) is 14.3. The number of ether oxygens (including phenoxy) is 2. The van der Waals surface area contributed by atoms with E-state index in [0.29, 0.717) is 22.6 Å². The first-order valence-corrected chi connectivity index (χ1v) is 7.75. The van der Waals surface area contributed by atoms with Crippen LogP contribution in [0.25, 0.3) is 11.3 Å². The summed E-state index contributed by atoms with van der Waals surface area (Å²) in [6, 6.07) is 14.5. The van der Waals surface area contributed by atoms with Gasteiger partial charge in [-0.1, -0.05) is 36.4 Å². The summed E-state index contributed by atoms with van der Waals surface area (Å²) in [6.07, 6.45) is 1.53. The van der Waals surface area contributed by atoms with Crippen LogP contribution in [0.2, 0.25) is 0 Å². The van der Waals surface area contributed by atoms with Gasteiger partial charge in [0.1, 0.15) is 0 Å². The summed E-state index contributed by atoms with van der Waals surface area (Å²) in [5.41, 5.74) is 3.93. The van der Waals surface area contributed by atoms with E-state index in [0.717, 1.165) is 0 Å². The van der Waals surface area contributed by atoms with Gasteiger partial charge >= 0.3 is 0 Å². The van der Waals surface area contributed by atoms with Crippen molar-refractivity contribution in [1.82, 2.24) is 15.2 Å². The van der Waals surface area contributed by atoms with E-state index in [2.05, 4.69) is 25.7 Å². The number of aromatic amines is 1. The monoisotopic (exact) mass is 351 g/mol. The van der Waals surface area contributed by atoms with Crippen molar-refractivity contribution >= 4 is 12.2 Å². The van der Waals surface area contributed by atoms with Crippen LogP contribution in [0.1, 0.15) is 5.56 Å². The van der Waals surface area contributed by atoms with Crippen molar-refractivity contribution in [1.29, 1.82) is 0 Å². The molecule has 3 aromatic rings. The molecule has 8 nitrogen and oxygen atoms in total. The van der Waals surface area contributed by atoms with Gasteiger partial charge in [0.2, 0.25) is 5.95 Å². The molecule has 8 heteroatoms. The minimum Gasteiger partial charge on any atom is -0.493 e. The number of hydrogen-bond donors (Lipinski definition) is 2. The molecule has 0 unspecified atom stereocenters. The summed E-state index contributed by atoms with van der Waals surface area (Å²) in [7, 11) is 3.11. The van der Waals surface area contributed by atoms with E-state index in [9.17, 15) is 4.79 Å². The maximum atomic E-state index is 12.2. The molecule has 0 aliphatic rings. The molecular formula is C18H17N5O3. The summed E-state index contributed by atoms with van der Waals surface area (Å²) in [6.45, 7) is 0. The Labute approximate surface area is 149 Å². The van der Waals surface area contributed by atoms with Crippen LogP contribution in [-0.4, -0.2) is 35.6 Å². The van der Waals surface area contributed by atoms with E-state index in [1.54, 1.807) is 32.4 Å². The van der Waals surface area contributed by atoms with Gasteiger partial charge in [-0.2, -0.15) is 5.10 Å². The van der Waals surface area contributed by atoms with Gasteiger partial charge in [0.05, 0.1) is 20.4 Å². The fraction of sp³-hybridized carbons (Fsp3) is 0.111. The second kappa shape index (κ2) is 7.93. The number of hydrazone groups is 1. The molecule has 0 atom stereocenters. The average molecular weight is 351 g/mol. The normalized spacial score (nSPS) is 10.7. The minimum absolute atomic E-state index is 0.132. The van der Waals surface area contributed by atoms with Crippen LogP contribution < -0.4 is 20.5 Å². The van der Waals surface area contributed by atoms with Crippen molar-refractivity contribution in [2.75, 3.05) is 19.6 Å². The van der Waals surface area contributed by atoms with E-state index in [4.69, 9.17) is 9.47 Å². The van der Waals surface area contributed by atoms with Gasteiger partial charge in [0, 0.05) is 11.1 Å². The number of anilines is 1. The van der Waals surface area contributed by atoms with E-state index in [-0.39, 0.29) is 17.2 Å². The molecule has 1 heterocycles. The lowest BCUT2D eigenvalue weighted by atomic mass is 10.2. The number of methoxy groups -OCH3 is 2. The Morgan fingerprint density at radius 1 is 1.04 bits per heavy atom. The van der Waals surface area contributed by atoms with Gasteiger partial charge in [0.15, 0.2) is 17.2 Å². The fourth-order valence-electron chi connectivity index (χ4n) is 2.35. The second-order valence-electron chi connectivity index (χ2n) is 5.17. The van der Waals surface area contributed by atoms with E-state index >= 15 is 0 Å². The van der Waals surface area contributed by atoms with Crippen LogP contribution in [0.5, 0.6) is 11.5 Å². The highest BCUT2D eigenvalue weighted by atomic mass is 16.5. The average Bonchev–Trinajstić information content (AvgIpc) is 2.68. The highest BCUT2D eigenvalue weighted by molar-refractivity contribution is 5.85. The molecule has 3 rings (SSSR count). The molecule has 0 saturated heterocycles. The maximum absolute atomic E-state index is 12.2. The molecule has 2 aromatic carbocycles. The van der Waals surface area contributed by atoms with Gasteiger partial charge in [0.25, 0.3) is 5.56 Å². The Hall–Kier alpha value is -3.68. The zero-order chi connectivity index (χ0) is 18.4. The highest BCUT2D eigenvalue weighted by Crippen LogP contribution is 2.29. The molecule has 0 bridgehead atoms. The standard InChI is InChI=1S/C18H17N5O3/c1-25-14-10-6-9-13(16(14)26-2)11-19-22-18-20-17(24)15(21-23-18)12-7-4-3-5-8-12/h3-11H,1-2H3,(H2,20,22,23,24)/b19-11+. The number of H-pyrrole nitrogens is 1. The number of aromatic nitrogens is 3. The van der Waals surface area contributed by atoms with Crippen molar-refractivity contribution in [3.63, 3.8) is 0 Å². The third-order valence-electron chi connectivity index (χ3n) is 3.55. The van der Waals surface area contributed by atoms with Crippen LogP contribution in [0.4, 0.5) is 5.95 Å². The SMILES string of the molecule is COc1cccc(/C=N/Nc2nnc(-c3ccccc3)c(=O)[nH]2)c1OC. The molecule has 26 heavy (non-hydrogen) atoms. The van der Waals surface area contributed by atoms with Gasteiger partial charge in [-0.25, -0.2) is 5.43 Å². The molecule has 132 valence electrons.